The molecular formula is C18H15F2NO3. The first-order chi connectivity index (χ1) is 11.5. The third-order valence-electron chi connectivity index (χ3n) is 4.03. The zero-order valence-corrected chi connectivity index (χ0v) is 12.8. The SMILES string of the molecule is O=C(c1ccoc1)N1CCC(O)(C#Cc2cccc(F)c2F)CC1. The van der Waals surface area contributed by atoms with Gasteiger partial charge in [0.2, 0.25) is 0 Å². The molecular weight excluding hydrogens is 316 g/mol. The van der Waals surface area contributed by atoms with Crippen LogP contribution in [0.2, 0.25) is 0 Å². The molecule has 1 aromatic heterocycles. The van der Waals surface area contributed by atoms with Crippen LogP contribution in [0.1, 0.15) is 28.8 Å². The smallest absolute Gasteiger partial charge is 0.257 e. The maximum absolute atomic E-state index is 13.6. The average molecular weight is 331 g/mol. The lowest BCUT2D eigenvalue weighted by Gasteiger charge is -2.34. The predicted molar refractivity (Wildman–Crippen MR) is 82.0 cm³/mol. The van der Waals surface area contributed by atoms with Gasteiger partial charge in [-0.1, -0.05) is 17.9 Å². The van der Waals surface area contributed by atoms with Crippen molar-refractivity contribution in [2.24, 2.45) is 0 Å². The number of likely N-dealkylation sites (tertiary alicyclic amines) is 1. The predicted octanol–water partition coefficient (Wildman–Crippen LogP) is 2.58. The van der Waals surface area contributed by atoms with Crippen molar-refractivity contribution in [1.29, 1.82) is 0 Å². The van der Waals surface area contributed by atoms with Crippen LogP contribution in [0.5, 0.6) is 0 Å². The highest BCUT2D eigenvalue weighted by atomic mass is 19.2. The standard InChI is InChI=1S/C18H15F2NO3/c19-15-3-1-2-13(16(15)20)4-6-18(23)7-9-21(10-8-18)17(22)14-5-11-24-12-14/h1-3,5,11-12,23H,7-10H2. The minimum atomic E-state index is -1.33. The summed E-state index contributed by atoms with van der Waals surface area (Å²) in [5.74, 6) is 2.95. The number of nitrogens with zero attached hydrogens (tertiary/aromatic N) is 1. The molecule has 1 saturated heterocycles. The molecule has 0 saturated carbocycles. The van der Waals surface area contributed by atoms with Crippen LogP contribution in [-0.2, 0) is 0 Å². The van der Waals surface area contributed by atoms with E-state index in [0.717, 1.165) is 6.07 Å². The lowest BCUT2D eigenvalue weighted by molar-refractivity contribution is 0.0248. The van der Waals surface area contributed by atoms with Crippen molar-refractivity contribution in [3.05, 3.63) is 59.6 Å². The summed E-state index contributed by atoms with van der Waals surface area (Å²) in [4.78, 5) is 13.8. The lowest BCUT2D eigenvalue weighted by atomic mass is 9.91. The van der Waals surface area contributed by atoms with Crippen LogP contribution in [0.3, 0.4) is 0 Å². The molecule has 0 aliphatic carbocycles. The summed E-state index contributed by atoms with van der Waals surface area (Å²) in [6.07, 6.45) is 3.27. The van der Waals surface area contributed by atoms with Crippen molar-refractivity contribution >= 4 is 5.91 Å². The zero-order chi connectivity index (χ0) is 17.2. The number of furan rings is 1. The first-order valence-corrected chi connectivity index (χ1v) is 7.49. The summed E-state index contributed by atoms with van der Waals surface area (Å²) in [5.41, 5.74) is -0.972. The Hall–Kier alpha value is -2.65. The second kappa shape index (κ2) is 6.46. The van der Waals surface area contributed by atoms with Gasteiger partial charge >= 0.3 is 0 Å². The summed E-state index contributed by atoms with van der Waals surface area (Å²) >= 11 is 0. The van der Waals surface area contributed by atoms with E-state index in [-0.39, 0.29) is 24.3 Å². The van der Waals surface area contributed by atoms with Gasteiger partial charge in [0.25, 0.3) is 5.91 Å². The van der Waals surface area contributed by atoms with Gasteiger partial charge in [0, 0.05) is 25.9 Å². The lowest BCUT2D eigenvalue weighted by Crippen LogP contribution is -2.46. The molecule has 1 aliphatic heterocycles. The Labute approximate surface area is 137 Å². The fraction of sp³-hybridized carbons (Fsp3) is 0.278. The van der Waals surface area contributed by atoms with E-state index in [1.165, 1.54) is 24.7 Å². The molecule has 0 spiro atoms. The van der Waals surface area contributed by atoms with E-state index in [9.17, 15) is 18.7 Å². The Bertz CT molecular complexity index is 797. The van der Waals surface area contributed by atoms with Gasteiger partial charge in [-0.3, -0.25) is 4.79 Å². The molecule has 1 N–H and O–H groups in total. The maximum atomic E-state index is 13.6. The minimum Gasteiger partial charge on any atom is -0.472 e. The minimum absolute atomic E-state index is 0.0969. The molecule has 1 fully saturated rings. The molecule has 124 valence electrons. The average Bonchev–Trinajstić information content (AvgIpc) is 3.11. The molecule has 2 heterocycles. The van der Waals surface area contributed by atoms with Crippen LogP contribution in [0, 0.1) is 23.5 Å². The summed E-state index contributed by atoms with van der Waals surface area (Å²) in [7, 11) is 0. The van der Waals surface area contributed by atoms with Crippen molar-refractivity contribution < 1.29 is 23.1 Å². The Morgan fingerprint density at radius 3 is 2.67 bits per heavy atom. The van der Waals surface area contributed by atoms with Crippen LogP contribution in [0.4, 0.5) is 8.78 Å². The Kier molecular flexibility index (Phi) is 4.36. The summed E-state index contributed by atoms with van der Waals surface area (Å²) in [5, 5.41) is 10.5. The number of amides is 1. The summed E-state index contributed by atoms with van der Waals surface area (Å²) in [6, 6.07) is 5.30. The van der Waals surface area contributed by atoms with E-state index in [1.54, 1.807) is 11.0 Å². The highest BCUT2D eigenvalue weighted by Gasteiger charge is 2.33. The second-order valence-corrected chi connectivity index (χ2v) is 5.69. The Morgan fingerprint density at radius 1 is 1.25 bits per heavy atom. The monoisotopic (exact) mass is 331 g/mol. The molecule has 0 atom stereocenters. The third-order valence-corrected chi connectivity index (χ3v) is 4.03. The van der Waals surface area contributed by atoms with Crippen molar-refractivity contribution in [2.45, 2.75) is 18.4 Å². The largest absolute Gasteiger partial charge is 0.472 e. The number of carbonyl (C=O) groups excluding carboxylic acids is 1. The molecule has 24 heavy (non-hydrogen) atoms. The van der Waals surface area contributed by atoms with Crippen molar-refractivity contribution in [3.63, 3.8) is 0 Å². The number of halogens is 2. The van der Waals surface area contributed by atoms with Gasteiger partial charge in [-0.2, -0.15) is 0 Å². The molecule has 3 rings (SSSR count). The van der Waals surface area contributed by atoms with Gasteiger partial charge in [-0.25, -0.2) is 8.78 Å². The van der Waals surface area contributed by atoms with E-state index in [1.807, 2.05) is 0 Å². The molecule has 1 aliphatic rings. The van der Waals surface area contributed by atoms with Gasteiger partial charge in [0.15, 0.2) is 11.6 Å². The fourth-order valence-corrected chi connectivity index (χ4v) is 2.56. The molecule has 1 amide bonds. The number of carbonyl (C=O) groups is 1. The van der Waals surface area contributed by atoms with E-state index in [4.69, 9.17) is 4.42 Å². The van der Waals surface area contributed by atoms with Gasteiger partial charge in [-0.15, -0.1) is 0 Å². The third kappa shape index (κ3) is 3.31. The van der Waals surface area contributed by atoms with Crippen LogP contribution in [0.25, 0.3) is 0 Å². The number of hydrogen-bond donors (Lipinski definition) is 1. The Balaban J connectivity index is 1.68. The van der Waals surface area contributed by atoms with Crippen LogP contribution < -0.4 is 0 Å². The van der Waals surface area contributed by atoms with E-state index in [2.05, 4.69) is 11.8 Å². The Morgan fingerprint density at radius 2 is 2.00 bits per heavy atom. The maximum Gasteiger partial charge on any atom is 0.257 e. The van der Waals surface area contributed by atoms with Gasteiger partial charge in [0.1, 0.15) is 11.9 Å². The zero-order valence-electron chi connectivity index (χ0n) is 12.8. The molecule has 6 heteroatoms. The van der Waals surface area contributed by atoms with E-state index < -0.39 is 17.2 Å². The fourth-order valence-electron chi connectivity index (χ4n) is 2.56. The first kappa shape index (κ1) is 16.2. The highest BCUT2D eigenvalue weighted by Crippen LogP contribution is 2.23. The summed E-state index contributed by atoms with van der Waals surface area (Å²) < 4.78 is 31.6. The quantitative estimate of drug-likeness (QED) is 0.817. The van der Waals surface area contributed by atoms with Crippen molar-refractivity contribution in [2.75, 3.05) is 13.1 Å². The topological polar surface area (TPSA) is 53.7 Å². The molecule has 0 radical (unpaired) electrons. The van der Waals surface area contributed by atoms with Crippen molar-refractivity contribution in [1.82, 2.24) is 4.90 Å². The first-order valence-electron chi connectivity index (χ1n) is 7.49. The number of aliphatic hydroxyl groups is 1. The molecule has 0 bridgehead atoms. The number of piperidine rings is 1. The van der Waals surface area contributed by atoms with E-state index in [0.29, 0.717) is 18.7 Å². The normalized spacial score (nSPS) is 16.4. The van der Waals surface area contributed by atoms with Crippen LogP contribution >= 0.6 is 0 Å². The van der Waals surface area contributed by atoms with Gasteiger partial charge in [-0.05, 0) is 18.2 Å². The summed E-state index contributed by atoms with van der Waals surface area (Å²) in [6.45, 7) is 0.641. The second-order valence-electron chi connectivity index (χ2n) is 5.69. The van der Waals surface area contributed by atoms with Crippen LogP contribution in [-0.4, -0.2) is 34.6 Å². The number of hydrogen-bond acceptors (Lipinski definition) is 3. The molecule has 0 unspecified atom stereocenters. The molecule has 2 aromatic rings. The van der Waals surface area contributed by atoms with Crippen molar-refractivity contribution in [3.8, 4) is 11.8 Å². The number of rotatable bonds is 1. The molecule has 1 aromatic carbocycles. The van der Waals surface area contributed by atoms with Crippen LogP contribution in [0.15, 0.2) is 41.2 Å². The number of benzene rings is 1. The highest BCUT2D eigenvalue weighted by molar-refractivity contribution is 5.93. The van der Waals surface area contributed by atoms with Gasteiger partial charge < -0.3 is 14.4 Å². The van der Waals surface area contributed by atoms with E-state index >= 15 is 0 Å². The molecule has 4 nitrogen and oxygen atoms in total. The van der Waals surface area contributed by atoms with Gasteiger partial charge in [0.05, 0.1) is 17.4 Å².